The molecule has 0 aliphatic carbocycles. The number of benzene rings is 2. The zero-order valence-corrected chi connectivity index (χ0v) is 13.1. The first-order valence-corrected chi connectivity index (χ1v) is 7.32. The van der Waals surface area contributed by atoms with Gasteiger partial charge in [-0.1, -0.05) is 12.1 Å². The summed E-state index contributed by atoms with van der Waals surface area (Å²) in [5.74, 6) is -0.755. The number of nitrogens with two attached hydrogens (primary N) is 1. The zero-order chi connectivity index (χ0) is 18.2. The maximum atomic E-state index is 12.4. The van der Waals surface area contributed by atoms with Crippen molar-refractivity contribution in [3.05, 3.63) is 54.1 Å². The largest absolute Gasteiger partial charge is 0.493 e. The second-order valence-corrected chi connectivity index (χ2v) is 4.92. The maximum absolute atomic E-state index is 12.4. The van der Waals surface area contributed by atoms with Crippen molar-refractivity contribution in [1.29, 1.82) is 0 Å². The lowest BCUT2D eigenvalue weighted by atomic mass is 10.2. The van der Waals surface area contributed by atoms with E-state index in [9.17, 15) is 18.4 Å². The summed E-state index contributed by atoms with van der Waals surface area (Å²) in [5.41, 5.74) is 5.44. The van der Waals surface area contributed by atoms with Gasteiger partial charge in [-0.15, -0.1) is 0 Å². The molecule has 2 aromatic rings. The molecule has 0 unspecified atom stereocenters. The molecule has 0 aliphatic heterocycles. The number of primary amides is 1. The Morgan fingerprint density at radius 3 is 2.40 bits per heavy atom. The second kappa shape index (κ2) is 8.62. The minimum atomic E-state index is -3.02. The molecule has 2 rings (SSSR count). The van der Waals surface area contributed by atoms with E-state index in [0.717, 1.165) is 0 Å². The molecule has 0 aromatic heterocycles. The highest BCUT2D eigenvalue weighted by Gasteiger charge is 2.15. The van der Waals surface area contributed by atoms with Crippen molar-refractivity contribution in [2.75, 3.05) is 11.9 Å². The van der Waals surface area contributed by atoms with Gasteiger partial charge in [0.05, 0.1) is 18.6 Å². The third-order valence-electron chi connectivity index (χ3n) is 3.08. The van der Waals surface area contributed by atoms with Crippen LogP contribution < -0.4 is 20.5 Å². The Morgan fingerprint density at radius 2 is 1.76 bits per heavy atom. The van der Waals surface area contributed by atoms with E-state index < -0.39 is 18.4 Å². The highest BCUT2D eigenvalue weighted by molar-refractivity contribution is 6.06. The monoisotopic (exact) mass is 350 g/mol. The molecule has 0 heterocycles. The highest BCUT2D eigenvalue weighted by atomic mass is 19.3. The molecule has 0 atom stereocenters. The number of anilines is 1. The standard InChI is InChI=1S/C17H16F2N2O4/c18-17(19)25-14-4-2-1-3-13(14)16(23)21-11-5-7-12(8-6-11)24-10-9-15(20)22/h1-8,17H,9-10H2,(H2,20,22)(H,21,23). The number of hydrogen-bond donors (Lipinski definition) is 2. The van der Waals surface area contributed by atoms with Crippen LogP contribution in [0.2, 0.25) is 0 Å². The molecule has 0 spiro atoms. The summed E-state index contributed by atoms with van der Waals surface area (Å²) in [6.07, 6.45) is 0.0966. The van der Waals surface area contributed by atoms with Crippen molar-refractivity contribution in [2.45, 2.75) is 13.0 Å². The third kappa shape index (κ3) is 5.76. The van der Waals surface area contributed by atoms with E-state index in [2.05, 4.69) is 10.1 Å². The number of carbonyl (C=O) groups is 2. The number of rotatable bonds is 8. The van der Waals surface area contributed by atoms with Crippen LogP contribution in [0.5, 0.6) is 11.5 Å². The second-order valence-electron chi connectivity index (χ2n) is 4.92. The number of alkyl halides is 2. The van der Waals surface area contributed by atoms with E-state index >= 15 is 0 Å². The summed E-state index contributed by atoms with van der Waals surface area (Å²) in [6.45, 7) is -2.87. The summed E-state index contributed by atoms with van der Waals surface area (Å²) in [4.78, 5) is 22.9. The summed E-state index contributed by atoms with van der Waals surface area (Å²) in [5, 5.41) is 2.58. The van der Waals surface area contributed by atoms with Crippen LogP contribution in [0.3, 0.4) is 0 Å². The van der Waals surface area contributed by atoms with Crippen molar-refractivity contribution in [1.82, 2.24) is 0 Å². The molecule has 0 saturated carbocycles. The van der Waals surface area contributed by atoms with Crippen LogP contribution in [0.1, 0.15) is 16.8 Å². The molecule has 8 heteroatoms. The summed E-state index contributed by atoms with van der Waals surface area (Å²) in [7, 11) is 0. The van der Waals surface area contributed by atoms with E-state index in [1.165, 1.54) is 18.2 Å². The lowest BCUT2D eigenvalue weighted by Gasteiger charge is -2.11. The first-order valence-electron chi connectivity index (χ1n) is 7.32. The SMILES string of the molecule is NC(=O)CCOc1ccc(NC(=O)c2ccccc2OC(F)F)cc1. The van der Waals surface area contributed by atoms with Gasteiger partial charge in [-0.25, -0.2) is 0 Å². The topological polar surface area (TPSA) is 90.7 Å². The molecule has 0 bridgehead atoms. The van der Waals surface area contributed by atoms with E-state index in [4.69, 9.17) is 10.5 Å². The van der Waals surface area contributed by atoms with Gasteiger partial charge >= 0.3 is 6.61 Å². The van der Waals surface area contributed by atoms with Crippen molar-refractivity contribution in [2.24, 2.45) is 5.73 Å². The Balaban J connectivity index is 2.00. The van der Waals surface area contributed by atoms with Crippen molar-refractivity contribution < 1.29 is 27.8 Å². The van der Waals surface area contributed by atoms with Crippen molar-refractivity contribution in [3.63, 3.8) is 0 Å². The van der Waals surface area contributed by atoms with E-state index in [1.807, 2.05) is 0 Å². The Labute approximate surface area is 142 Å². The molecule has 0 fully saturated rings. The van der Waals surface area contributed by atoms with Gasteiger partial charge in [0.1, 0.15) is 11.5 Å². The quantitative estimate of drug-likeness (QED) is 0.766. The first-order chi connectivity index (χ1) is 12.0. The molecule has 3 N–H and O–H groups in total. The average Bonchev–Trinajstić information content (AvgIpc) is 2.56. The van der Waals surface area contributed by atoms with Crippen LogP contribution in [0.25, 0.3) is 0 Å². The number of carbonyl (C=O) groups excluding carboxylic acids is 2. The maximum Gasteiger partial charge on any atom is 0.387 e. The molecule has 6 nitrogen and oxygen atoms in total. The average molecular weight is 350 g/mol. The molecule has 2 aromatic carbocycles. The Morgan fingerprint density at radius 1 is 1.08 bits per heavy atom. The van der Waals surface area contributed by atoms with Crippen LogP contribution >= 0.6 is 0 Å². The number of para-hydroxylation sites is 1. The van der Waals surface area contributed by atoms with Gasteiger partial charge in [-0.3, -0.25) is 9.59 Å². The molecule has 0 aliphatic rings. The fraction of sp³-hybridized carbons (Fsp3) is 0.176. The Bertz CT molecular complexity index is 736. The van der Waals surface area contributed by atoms with Crippen LogP contribution in [0.4, 0.5) is 14.5 Å². The fourth-order valence-electron chi connectivity index (χ4n) is 1.96. The zero-order valence-electron chi connectivity index (χ0n) is 13.1. The molecule has 0 radical (unpaired) electrons. The normalized spacial score (nSPS) is 10.4. The molecule has 132 valence electrons. The highest BCUT2D eigenvalue weighted by Crippen LogP contribution is 2.22. The van der Waals surface area contributed by atoms with E-state index in [-0.39, 0.29) is 24.3 Å². The van der Waals surface area contributed by atoms with Gasteiger partial charge < -0.3 is 20.5 Å². The smallest absolute Gasteiger partial charge is 0.387 e. The van der Waals surface area contributed by atoms with Crippen LogP contribution in [0, 0.1) is 0 Å². The Hall–Kier alpha value is -3.16. The van der Waals surface area contributed by atoms with Gasteiger partial charge in [-0.05, 0) is 36.4 Å². The van der Waals surface area contributed by atoms with E-state index in [1.54, 1.807) is 30.3 Å². The predicted octanol–water partition coefficient (Wildman–Crippen LogP) is 2.79. The number of nitrogens with one attached hydrogen (secondary N) is 1. The number of amides is 2. The molecule has 25 heavy (non-hydrogen) atoms. The van der Waals surface area contributed by atoms with Crippen LogP contribution in [-0.4, -0.2) is 25.0 Å². The minimum Gasteiger partial charge on any atom is -0.493 e. The molecular weight excluding hydrogens is 334 g/mol. The number of ether oxygens (including phenoxy) is 2. The fourth-order valence-corrected chi connectivity index (χ4v) is 1.96. The summed E-state index contributed by atoms with van der Waals surface area (Å²) in [6, 6.07) is 12.1. The van der Waals surface area contributed by atoms with Gasteiger partial charge in [0.15, 0.2) is 0 Å². The van der Waals surface area contributed by atoms with Gasteiger partial charge in [0.2, 0.25) is 5.91 Å². The van der Waals surface area contributed by atoms with Crippen LogP contribution in [-0.2, 0) is 4.79 Å². The minimum absolute atomic E-state index is 0.00964. The van der Waals surface area contributed by atoms with Crippen molar-refractivity contribution in [3.8, 4) is 11.5 Å². The van der Waals surface area contributed by atoms with Crippen LogP contribution in [0.15, 0.2) is 48.5 Å². The molecule has 2 amide bonds. The predicted molar refractivity (Wildman–Crippen MR) is 86.8 cm³/mol. The van der Waals surface area contributed by atoms with E-state index in [0.29, 0.717) is 11.4 Å². The number of halogens is 2. The van der Waals surface area contributed by atoms with Crippen molar-refractivity contribution >= 4 is 17.5 Å². The van der Waals surface area contributed by atoms with Gasteiger partial charge in [0, 0.05) is 5.69 Å². The summed E-state index contributed by atoms with van der Waals surface area (Å²) >= 11 is 0. The molecular formula is C17H16F2N2O4. The van der Waals surface area contributed by atoms with Gasteiger partial charge in [0.25, 0.3) is 5.91 Å². The summed E-state index contributed by atoms with van der Waals surface area (Å²) < 4.78 is 34.4. The first kappa shape index (κ1) is 18.2. The number of hydrogen-bond acceptors (Lipinski definition) is 4. The van der Waals surface area contributed by atoms with Gasteiger partial charge in [-0.2, -0.15) is 8.78 Å². The third-order valence-corrected chi connectivity index (χ3v) is 3.08. The lowest BCUT2D eigenvalue weighted by molar-refractivity contribution is -0.118. The Kier molecular flexibility index (Phi) is 6.27. The molecule has 0 saturated heterocycles. The lowest BCUT2D eigenvalue weighted by Crippen LogP contribution is -2.15.